The van der Waals surface area contributed by atoms with Gasteiger partial charge in [0.1, 0.15) is 0 Å². The van der Waals surface area contributed by atoms with E-state index in [0.29, 0.717) is 5.56 Å². The van der Waals surface area contributed by atoms with Crippen molar-refractivity contribution >= 4 is 22.8 Å². The molecule has 0 radical (unpaired) electrons. The van der Waals surface area contributed by atoms with Crippen molar-refractivity contribution in [3.05, 3.63) is 72.4 Å². The van der Waals surface area contributed by atoms with Gasteiger partial charge in [-0.25, -0.2) is 9.50 Å². The number of hydrogen-bond donors (Lipinski definition) is 0. The molecule has 7 heteroatoms. The van der Waals surface area contributed by atoms with Crippen molar-refractivity contribution in [1.29, 1.82) is 5.26 Å². The van der Waals surface area contributed by atoms with Crippen molar-refractivity contribution in [3.8, 4) is 17.3 Å². The summed E-state index contributed by atoms with van der Waals surface area (Å²) in [4.78, 5) is 11.4. The van der Waals surface area contributed by atoms with Gasteiger partial charge in [0.05, 0.1) is 23.5 Å². The Bertz CT molecular complexity index is 1260. The molecular formula is C25H25N7. The fourth-order valence-corrected chi connectivity index (χ4v) is 4.04. The van der Waals surface area contributed by atoms with E-state index in [9.17, 15) is 0 Å². The highest BCUT2D eigenvalue weighted by atomic mass is 15.3. The van der Waals surface area contributed by atoms with Gasteiger partial charge in [0, 0.05) is 50.2 Å². The van der Waals surface area contributed by atoms with Crippen LogP contribution in [0.3, 0.4) is 0 Å². The van der Waals surface area contributed by atoms with Gasteiger partial charge in [0.15, 0.2) is 11.5 Å². The Morgan fingerprint density at radius 1 is 0.906 bits per heavy atom. The molecule has 0 unspecified atom stereocenters. The Labute approximate surface area is 187 Å². The number of piperazine rings is 1. The lowest BCUT2D eigenvalue weighted by Gasteiger charge is -2.34. The number of fused-ring (bicyclic) bond motifs is 1. The summed E-state index contributed by atoms with van der Waals surface area (Å²) in [5.41, 5.74) is 5.62. The van der Waals surface area contributed by atoms with E-state index in [1.807, 2.05) is 54.2 Å². The summed E-state index contributed by atoms with van der Waals surface area (Å²) >= 11 is 0. The number of imidazole rings is 1. The minimum absolute atomic E-state index is 0.635. The van der Waals surface area contributed by atoms with Gasteiger partial charge in [-0.05, 0) is 55.6 Å². The number of nitriles is 1. The zero-order chi connectivity index (χ0) is 22.1. The average molecular weight is 424 g/mol. The third-order valence-corrected chi connectivity index (χ3v) is 6.11. The number of nitrogens with zero attached hydrogens (tertiary/aromatic N) is 7. The maximum absolute atomic E-state index is 9.05. The smallest absolute Gasteiger partial charge is 0.154 e. The molecule has 0 atom stereocenters. The molecule has 0 N–H and O–H groups in total. The van der Waals surface area contributed by atoms with Gasteiger partial charge in [0.2, 0.25) is 0 Å². The predicted octanol–water partition coefficient (Wildman–Crippen LogP) is 3.79. The number of benzene rings is 2. The molecule has 4 aromatic rings. The number of hydrogen-bond acceptors (Lipinski definition) is 6. The number of rotatable bonds is 4. The predicted molar refractivity (Wildman–Crippen MR) is 127 cm³/mol. The largest absolute Gasteiger partial charge is 0.369 e. The van der Waals surface area contributed by atoms with E-state index < -0.39 is 0 Å². The first-order chi connectivity index (χ1) is 15.6. The fraction of sp³-hybridized carbons (Fsp3) is 0.240. The Hall–Kier alpha value is -3.89. The number of likely N-dealkylation sites (N-methyl/N-ethyl adjacent to an activating group) is 1. The zero-order valence-electron chi connectivity index (χ0n) is 18.3. The van der Waals surface area contributed by atoms with Crippen LogP contribution in [0.15, 0.2) is 66.9 Å². The molecule has 0 saturated carbocycles. The molecule has 5 rings (SSSR count). The van der Waals surface area contributed by atoms with Gasteiger partial charge in [-0.15, -0.1) is 5.10 Å². The van der Waals surface area contributed by atoms with Gasteiger partial charge in [-0.2, -0.15) is 5.26 Å². The molecule has 32 heavy (non-hydrogen) atoms. The Morgan fingerprint density at radius 3 is 2.31 bits per heavy atom. The normalized spacial score (nSPS) is 14.5. The summed E-state index contributed by atoms with van der Waals surface area (Å²) < 4.78 is 1.85. The maximum atomic E-state index is 9.05. The van der Waals surface area contributed by atoms with Crippen molar-refractivity contribution in [1.82, 2.24) is 19.5 Å². The highest BCUT2D eigenvalue weighted by Gasteiger charge is 2.15. The first-order valence-corrected chi connectivity index (χ1v) is 10.7. The molecule has 7 nitrogen and oxygen atoms in total. The van der Waals surface area contributed by atoms with E-state index >= 15 is 0 Å². The fourth-order valence-electron chi connectivity index (χ4n) is 4.04. The Morgan fingerprint density at radius 2 is 1.62 bits per heavy atom. The molecule has 1 aliphatic rings. The molecule has 3 heterocycles. The van der Waals surface area contributed by atoms with Crippen molar-refractivity contribution in [2.24, 2.45) is 0 Å². The van der Waals surface area contributed by atoms with Crippen LogP contribution < -0.4 is 9.80 Å². The lowest BCUT2D eigenvalue weighted by molar-refractivity contribution is 0.313. The molecule has 2 aromatic carbocycles. The summed E-state index contributed by atoms with van der Waals surface area (Å²) in [5.74, 6) is 0.831. The van der Waals surface area contributed by atoms with Crippen LogP contribution >= 0.6 is 0 Å². The van der Waals surface area contributed by atoms with Crippen LogP contribution in [0.25, 0.3) is 16.9 Å². The lowest BCUT2D eigenvalue weighted by Crippen LogP contribution is -2.44. The van der Waals surface area contributed by atoms with Gasteiger partial charge < -0.3 is 14.7 Å². The van der Waals surface area contributed by atoms with Crippen LogP contribution in [0.4, 0.5) is 17.2 Å². The summed E-state index contributed by atoms with van der Waals surface area (Å²) in [7, 11) is 4.20. The van der Waals surface area contributed by atoms with Crippen molar-refractivity contribution in [2.45, 2.75) is 0 Å². The molecule has 1 fully saturated rings. The number of aromatic nitrogens is 3. The minimum atomic E-state index is 0.635. The minimum Gasteiger partial charge on any atom is -0.369 e. The van der Waals surface area contributed by atoms with E-state index in [1.165, 1.54) is 5.69 Å². The highest BCUT2D eigenvalue weighted by Crippen LogP contribution is 2.27. The van der Waals surface area contributed by atoms with Crippen LogP contribution in [0.5, 0.6) is 0 Å². The highest BCUT2D eigenvalue weighted by molar-refractivity contribution is 5.67. The van der Waals surface area contributed by atoms with Crippen LogP contribution in [0.1, 0.15) is 5.56 Å². The summed E-state index contributed by atoms with van der Waals surface area (Å²) in [6, 6.07) is 22.3. The van der Waals surface area contributed by atoms with E-state index in [-0.39, 0.29) is 0 Å². The molecule has 0 bridgehead atoms. The molecule has 0 aliphatic carbocycles. The maximum Gasteiger partial charge on any atom is 0.154 e. The van der Waals surface area contributed by atoms with E-state index in [2.05, 4.69) is 57.1 Å². The summed E-state index contributed by atoms with van der Waals surface area (Å²) in [5, 5.41) is 13.9. The second kappa shape index (κ2) is 8.33. The second-order valence-electron chi connectivity index (χ2n) is 8.16. The molecule has 2 aromatic heterocycles. The summed E-state index contributed by atoms with van der Waals surface area (Å²) in [6.07, 6.45) is 1.82. The van der Waals surface area contributed by atoms with Gasteiger partial charge in [0.25, 0.3) is 0 Å². The molecule has 0 spiro atoms. The monoisotopic (exact) mass is 423 g/mol. The van der Waals surface area contributed by atoms with E-state index in [4.69, 9.17) is 10.4 Å². The van der Waals surface area contributed by atoms with Crippen LogP contribution in [0.2, 0.25) is 0 Å². The third kappa shape index (κ3) is 3.77. The standard InChI is InChI=1S/C25H25N7/c1-29-13-15-31(16-14-29)22-9-7-21(8-10-22)30(2)25-12-11-24-27-18-23(32(24)28-25)20-5-3-19(17-26)4-6-20/h3-12,18H,13-16H2,1-2H3. The molecular weight excluding hydrogens is 398 g/mol. The molecule has 1 aliphatic heterocycles. The van der Waals surface area contributed by atoms with Crippen LogP contribution in [-0.4, -0.2) is 59.8 Å². The first kappa shape index (κ1) is 20.0. The van der Waals surface area contributed by atoms with Gasteiger partial charge >= 0.3 is 0 Å². The topological polar surface area (TPSA) is 63.7 Å². The molecule has 160 valence electrons. The summed E-state index contributed by atoms with van der Waals surface area (Å²) in [6.45, 7) is 4.31. The quantitative estimate of drug-likeness (QED) is 0.498. The van der Waals surface area contributed by atoms with Crippen molar-refractivity contribution in [3.63, 3.8) is 0 Å². The third-order valence-electron chi connectivity index (χ3n) is 6.11. The Kier molecular flexibility index (Phi) is 5.21. The first-order valence-electron chi connectivity index (χ1n) is 10.7. The molecule has 1 saturated heterocycles. The van der Waals surface area contributed by atoms with Gasteiger partial charge in [-0.1, -0.05) is 12.1 Å². The second-order valence-corrected chi connectivity index (χ2v) is 8.16. The Balaban J connectivity index is 1.41. The SMILES string of the molecule is CN1CCN(c2ccc(N(C)c3ccc4ncc(-c5ccc(C#N)cc5)n4n3)cc2)CC1. The number of anilines is 3. The van der Waals surface area contributed by atoms with Gasteiger partial charge in [-0.3, -0.25) is 0 Å². The lowest BCUT2D eigenvalue weighted by atomic mass is 10.1. The zero-order valence-corrected chi connectivity index (χ0v) is 18.3. The average Bonchev–Trinajstić information content (AvgIpc) is 3.27. The molecule has 0 amide bonds. The van der Waals surface area contributed by atoms with Crippen LogP contribution in [-0.2, 0) is 0 Å². The van der Waals surface area contributed by atoms with E-state index in [0.717, 1.165) is 54.6 Å². The van der Waals surface area contributed by atoms with Crippen molar-refractivity contribution in [2.75, 3.05) is 50.1 Å². The van der Waals surface area contributed by atoms with E-state index in [1.54, 1.807) is 0 Å². The van der Waals surface area contributed by atoms with Crippen LogP contribution in [0, 0.1) is 11.3 Å². The van der Waals surface area contributed by atoms with Crippen molar-refractivity contribution < 1.29 is 0 Å².